The van der Waals surface area contributed by atoms with Crippen LogP contribution in [0.25, 0.3) is 10.9 Å². The number of pyridine rings is 1. The van der Waals surface area contributed by atoms with Crippen LogP contribution in [0.2, 0.25) is 5.02 Å². The predicted molar refractivity (Wildman–Crippen MR) is 135 cm³/mol. The summed E-state index contributed by atoms with van der Waals surface area (Å²) in [4.78, 5) is 18.5. The Morgan fingerprint density at radius 1 is 1.31 bits per heavy atom. The van der Waals surface area contributed by atoms with E-state index in [2.05, 4.69) is 21.7 Å². The van der Waals surface area contributed by atoms with Gasteiger partial charge < -0.3 is 9.84 Å². The molecule has 2 heterocycles. The van der Waals surface area contributed by atoms with E-state index in [1.165, 1.54) is 12.1 Å². The molecule has 4 rings (SSSR count). The minimum Gasteiger partial charge on any atom is -0.497 e. The van der Waals surface area contributed by atoms with Gasteiger partial charge in [0.2, 0.25) is 0 Å². The number of carboxylic acid groups (broad SMARTS) is 1. The van der Waals surface area contributed by atoms with Crippen LogP contribution in [0.5, 0.6) is 5.75 Å². The molecule has 1 saturated heterocycles. The van der Waals surface area contributed by atoms with Crippen LogP contribution >= 0.6 is 11.6 Å². The smallest absolute Gasteiger partial charge is 0.308 e. The molecule has 2 unspecified atom stereocenters. The Morgan fingerprint density at radius 2 is 2.17 bits per heavy atom. The van der Waals surface area contributed by atoms with Gasteiger partial charge in [0.25, 0.3) is 0 Å². The lowest BCUT2D eigenvalue weighted by molar-refractivity contribution is -0.146. The first-order chi connectivity index (χ1) is 16.9. The largest absolute Gasteiger partial charge is 0.497 e. The van der Waals surface area contributed by atoms with E-state index in [0.717, 1.165) is 54.4 Å². The molecule has 2 aromatic carbocycles. The van der Waals surface area contributed by atoms with E-state index in [4.69, 9.17) is 16.3 Å². The van der Waals surface area contributed by atoms with Crippen molar-refractivity contribution in [2.75, 3.05) is 26.7 Å². The van der Waals surface area contributed by atoms with Crippen LogP contribution in [-0.4, -0.2) is 47.7 Å². The minimum atomic E-state index is -0.769. The second-order valence-electron chi connectivity index (χ2n) is 8.90. The number of aryl methyl sites for hydroxylation is 1. The molecule has 1 aliphatic heterocycles. The molecule has 0 aliphatic carbocycles. The number of halogens is 2. The maximum Gasteiger partial charge on any atom is 0.308 e. The molecule has 35 heavy (non-hydrogen) atoms. The summed E-state index contributed by atoms with van der Waals surface area (Å²) in [6.45, 7) is 1.73. The van der Waals surface area contributed by atoms with E-state index < -0.39 is 11.9 Å². The van der Waals surface area contributed by atoms with Gasteiger partial charge in [-0.3, -0.25) is 14.7 Å². The van der Waals surface area contributed by atoms with Crippen molar-refractivity contribution < 1.29 is 19.0 Å². The zero-order chi connectivity index (χ0) is 24.8. The fourth-order valence-electron chi connectivity index (χ4n) is 4.78. The van der Waals surface area contributed by atoms with Crippen LogP contribution in [-0.2, 0) is 11.2 Å². The van der Waals surface area contributed by atoms with Crippen molar-refractivity contribution in [1.82, 2.24) is 9.88 Å². The molecule has 0 spiro atoms. The minimum absolute atomic E-state index is 0.0985. The number of nitrogens with zero attached hydrogens (tertiary/aromatic N) is 2. The van der Waals surface area contributed by atoms with Crippen molar-refractivity contribution in [3.05, 3.63) is 70.6 Å². The van der Waals surface area contributed by atoms with E-state index in [9.17, 15) is 14.3 Å². The van der Waals surface area contributed by atoms with Crippen molar-refractivity contribution in [3.8, 4) is 17.6 Å². The fraction of sp³-hybridized carbons (Fsp3) is 0.357. The highest BCUT2D eigenvalue weighted by atomic mass is 35.5. The predicted octanol–water partition coefficient (Wildman–Crippen LogP) is 5.43. The molecule has 1 aliphatic rings. The maximum atomic E-state index is 13.3. The van der Waals surface area contributed by atoms with Gasteiger partial charge in [0.1, 0.15) is 11.6 Å². The Balaban J connectivity index is 1.36. The summed E-state index contributed by atoms with van der Waals surface area (Å²) >= 11 is 6.48. The standard InChI is InChI=1S/C28H28ClFN2O3/c1-35-22-10-11-27-24(16-22)23(26(29)17-31-27)9-3-7-20-12-14-32(18-25(20)28(33)34)13-4-6-19-5-2-8-21(30)15-19/h2,5,8,10-11,15-17,20,25H,3,7,9,12-14,18H2,1H3,(H,33,34). The van der Waals surface area contributed by atoms with Crippen molar-refractivity contribution >= 4 is 28.5 Å². The number of benzene rings is 2. The summed E-state index contributed by atoms with van der Waals surface area (Å²) in [5.74, 6) is 5.34. The van der Waals surface area contributed by atoms with Gasteiger partial charge in [0.05, 0.1) is 30.1 Å². The molecule has 0 saturated carbocycles. The second-order valence-corrected chi connectivity index (χ2v) is 9.31. The highest BCUT2D eigenvalue weighted by Gasteiger charge is 2.33. The van der Waals surface area contributed by atoms with E-state index >= 15 is 0 Å². The van der Waals surface area contributed by atoms with E-state index in [-0.39, 0.29) is 11.7 Å². The third kappa shape index (κ3) is 6.30. The molecular weight excluding hydrogens is 467 g/mol. The molecular formula is C28H28ClFN2O3. The average molecular weight is 495 g/mol. The lowest BCUT2D eigenvalue weighted by Crippen LogP contribution is -2.44. The molecule has 0 radical (unpaired) electrons. The molecule has 2 atom stereocenters. The van der Waals surface area contributed by atoms with E-state index in [1.54, 1.807) is 25.4 Å². The summed E-state index contributed by atoms with van der Waals surface area (Å²) in [7, 11) is 1.63. The van der Waals surface area contributed by atoms with Crippen molar-refractivity contribution in [2.45, 2.75) is 25.7 Å². The number of carboxylic acids is 1. The summed E-state index contributed by atoms with van der Waals surface area (Å²) in [5.41, 5.74) is 2.50. The lowest BCUT2D eigenvalue weighted by Gasteiger charge is -2.35. The van der Waals surface area contributed by atoms with Gasteiger partial charge in [-0.2, -0.15) is 0 Å². The quantitative estimate of drug-likeness (QED) is 0.443. The Labute approximate surface area is 209 Å². The van der Waals surface area contributed by atoms with Crippen molar-refractivity contribution in [1.29, 1.82) is 0 Å². The first-order valence-corrected chi connectivity index (χ1v) is 12.1. The zero-order valence-electron chi connectivity index (χ0n) is 19.6. The molecule has 1 fully saturated rings. The van der Waals surface area contributed by atoms with Gasteiger partial charge in [-0.05, 0) is 80.1 Å². The Kier molecular flexibility index (Phi) is 8.22. The molecule has 0 amide bonds. The lowest BCUT2D eigenvalue weighted by atomic mass is 9.81. The number of ether oxygens (including phenoxy) is 1. The van der Waals surface area contributed by atoms with Crippen LogP contribution in [0.1, 0.15) is 30.4 Å². The Morgan fingerprint density at radius 3 is 2.94 bits per heavy atom. The summed E-state index contributed by atoms with van der Waals surface area (Å²) in [6, 6.07) is 11.9. The Hall–Kier alpha value is -3.14. The number of carbonyl (C=O) groups is 1. The number of hydrogen-bond acceptors (Lipinski definition) is 4. The number of rotatable bonds is 7. The Bertz CT molecular complexity index is 1270. The number of aromatic nitrogens is 1. The number of aliphatic carboxylic acids is 1. The third-order valence-electron chi connectivity index (χ3n) is 6.65. The first kappa shape index (κ1) is 25.0. The van der Waals surface area contributed by atoms with Crippen LogP contribution in [0.15, 0.2) is 48.7 Å². The molecule has 1 aromatic heterocycles. The average Bonchev–Trinajstić information content (AvgIpc) is 2.85. The zero-order valence-corrected chi connectivity index (χ0v) is 20.4. The number of fused-ring (bicyclic) bond motifs is 1. The number of hydrogen-bond donors (Lipinski definition) is 1. The van der Waals surface area contributed by atoms with Gasteiger partial charge in [-0.1, -0.05) is 29.5 Å². The number of likely N-dealkylation sites (tertiary alicyclic amines) is 1. The van der Waals surface area contributed by atoms with Crippen LogP contribution in [0, 0.1) is 29.5 Å². The highest BCUT2D eigenvalue weighted by Crippen LogP contribution is 2.32. The van der Waals surface area contributed by atoms with Crippen LogP contribution in [0.3, 0.4) is 0 Å². The maximum absolute atomic E-state index is 13.3. The first-order valence-electron chi connectivity index (χ1n) is 11.8. The van der Waals surface area contributed by atoms with Gasteiger partial charge in [0.15, 0.2) is 0 Å². The topological polar surface area (TPSA) is 62.7 Å². The fourth-order valence-corrected chi connectivity index (χ4v) is 5.03. The SMILES string of the molecule is COc1ccc2ncc(Cl)c(CCCC3CCN(CC#Cc4cccc(F)c4)CC3C(=O)O)c2c1. The second kappa shape index (κ2) is 11.5. The van der Waals surface area contributed by atoms with E-state index in [1.807, 2.05) is 18.2 Å². The summed E-state index contributed by atoms with van der Waals surface area (Å²) in [6.07, 6.45) is 4.87. The third-order valence-corrected chi connectivity index (χ3v) is 6.98. The number of piperidine rings is 1. The summed E-state index contributed by atoms with van der Waals surface area (Å²) < 4.78 is 18.7. The van der Waals surface area contributed by atoms with Gasteiger partial charge in [-0.25, -0.2) is 4.39 Å². The molecule has 5 nitrogen and oxygen atoms in total. The van der Waals surface area contributed by atoms with Crippen LogP contribution in [0.4, 0.5) is 4.39 Å². The van der Waals surface area contributed by atoms with Crippen LogP contribution < -0.4 is 4.74 Å². The van der Waals surface area contributed by atoms with Gasteiger partial charge in [-0.15, -0.1) is 0 Å². The molecule has 0 bridgehead atoms. The number of methoxy groups -OCH3 is 1. The van der Waals surface area contributed by atoms with E-state index in [0.29, 0.717) is 23.7 Å². The normalized spacial score (nSPS) is 18.1. The molecule has 3 aromatic rings. The molecule has 182 valence electrons. The highest BCUT2D eigenvalue weighted by molar-refractivity contribution is 6.32. The van der Waals surface area contributed by atoms with Gasteiger partial charge >= 0.3 is 5.97 Å². The molecule has 1 N–H and O–H groups in total. The summed E-state index contributed by atoms with van der Waals surface area (Å²) in [5, 5.41) is 11.5. The van der Waals surface area contributed by atoms with Crippen molar-refractivity contribution in [2.24, 2.45) is 11.8 Å². The molecule has 7 heteroatoms. The van der Waals surface area contributed by atoms with Gasteiger partial charge in [0, 0.05) is 23.7 Å². The van der Waals surface area contributed by atoms with Crippen molar-refractivity contribution in [3.63, 3.8) is 0 Å². The monoisotopic (exact) mass is 494 g/mol.